The van der Waals surface area contributed by atoms with Crippen molar-refractivity contribution in [3.8, 4) is 0 Å². The highest BCUT2D eigenvalue weighted by Gasteiger charge is 2.33. The van der Waals surface area contributed by atoms with Gasteiger partial charge < -0.3 is 19.8 Å². The minimum Gasteiger partial charge on any atom is -0.389 e. The van der Waals surface area contributed by atoms with Crippen molar-refractivity contribution in [2.24, 2.45) is 0 Å². The van der Waals surface area contributed by atoms with Crippen LogP contribution in [0, 0.1) is 0 Å². The normalized spacial score (nSPS) is 38.1. The zero-order chi connectivity index (χ0) is 13.3. The lowest BCUT2D eigenvalue weighted by molar-refractivity contribution is -0.144. The Bertz CT molecular complexity index is 292. The fourth-order valence-electron chi connectivity index (χ4n) is 2.65. The SMILES string of the molecule is CC1CN(C(=O)CN2C[C@@H](O)[C@@H](O)C2)CC(C)O1. The number of carbonyl (C=O) groups is 1. The first-order valence-electron chi connectivity index (χ1n) is 6.47. The van der Waals surface area contributed by atoms with Gasteiger partial charge in [0.2, 0.25) is 5.91 Å². The minimum atomic E-state index is -0.736. The molecule has 2 heterocycles. The van der Waals surface area contributed by atoms with Crippen LogP contribution in [0.2, 0.25) is 0 Å². The van der Waals surface area contributed by atoms with Gasteiger partial charge in [-0.05, 0) is 13.8 Å². The van der Waals surface area contributed by atoms with Crippen LogP contribution >= 0.6 is 0 Å². The standard InChI is InChI=1S/C12H22N2O4/c1-8-3-14(4-9(2)18-8)12(17)7-13-5-10(15)11(16)6-13/h8-11,15-16H,3-7H2,1-2H3/t8?,9?,10-,11+. The summed E-state index contributed by atoms with van der Waals surface area (Å²) in [7, 11) is 0. The number of rotatable bonds is 2. The Balaban J connectivity index is 1.84. The summed E-state index contributed by atoms with van der Waals surface area (Å²) in [6.07, 6.45) is -1.35. The van der Waals surface area contributed by atoms with Gasteiger partial charge in [0.25, 0.3) is 0 Å². The van der Waals surface area contributed by atoms with E-state index >= 15 is 0 Å². The van der Waals surface area contributed by atoms with E-state index in [1.807, 2.05) is 13.8 Å². The van der Waals surface area contributed by atoms with Gasteiger partial charge in [-0.3, -0.25) is 9.69 Å². The van der Waals surface area contributed by atoms with Crippen LogP contribution in [0.1, 0.15) is 13.8 Å². The van der Waals surface area contributed by atoms with E-state index in [9.17, 15) is 15.0 Å². The van der Waals surface area contributed by atoms with Gasteiger partial charge >= 0.3 is 0 Å². The van der Waals surface area contributed by atoms with Crippen molar-refractivity contribution in [2.75, 3.05) is 32.7 Å². The summed E-state index contributed by atoms with van der Waals surface area (Å²) in [4.78, 5) is 15.7. The molecule has 0 aliphatic carbocycles. The summed E-state index contributed by atoms with van der Waals surface area (Å²) in [5.74, 6) is 0.0401. The van der Waals surface area contributed by atoms with Crippen LogP contribution < -0.4 is 0 Å². The number of aliphatic hydroxyl groups excluding tert-OH is 2. The Morgan fingerprint density at radius 1 is 1.11 bits per heavy atom. The molecule has 0 saturated carbocycles. The highest BCUT2D eigenvalue weighted by molar-refractivity contribution is 5.78. The maximum absolute atomic E-state index is 12.1. The molecule has 2 unspecified atom stereocenters. The third-order valence-corrected chi connectivity index (χ3v) is 3.47. The van der Waals surface area contributed by atoms with E-state index in [-0.39, 0.29) is 24.7 Å². The second-order valence-corrected chi connectivity index (χ2v) is 5.38. The van der Waals surface area contributed by atoms with E-state index in [1.54, 1.807) is 9.80 Å². The third kappa shape index (κ3) is 3.20. The van der Waals surface area contributed by atoms with Gasteiger partial charge in [-0.2, -0.15) is 0 Å². The highest BCUT2D eigenvalue weighted by Crippen LogP contribution is 2.13. The molecule has 2 N–H and O–H groups in total. The van der Waals surface area contributed by atoms with Gasteiger partial charge in [0.05, 0.1) is 31.0 Å². The van der Waals surface area contributed by atoms with Crippen molar-refractivity contribution in [3.63, 3.8) is 0 Å². The lowest BCUT2D eigenvalue weighted by Gasteiger charge is -2.36. The van der Waals surface area contributed by atoms with E-state index in [4.69, 9.17) is 4.74 Å². The minimum absolute atomic E-state index is 0.0401. The van der Waals surface area contributed by atoms with Crippen LogP contribution in [0.15, 0.2) is 0 Å². The Labute approximate surface area is 107 Å². The van der Waals surface area contributed by atoms with Crippen molar-refractivity contribution in [3.05, 3.63) is 0 Å². The van der Waals surface area contributed by atoms with Crippen LogP contribution in [0.25, 0.3) is 0 Å². The number of morpholine rings is 1. The lowest BCUT2D eigenvalue weighted by Crippen LogP contribution is -2.51. The summed E-state index contributed by atoms with van der Waals surface area (Å²) in [6, 6.07) is 0. The van der Waals surface area contributed by atoms with Crippen LogP contribution in [0.3, 0.4) is 0 Å². The van der Waals surface area contributed by atoms with Gasteiger partial charge in [-0.1, -0.05) is 0 Å². The monoisotopic (exact) mass is 258 g/mol. The molecule has 4 atom stereocenters. The molecule has 2 rings (SSSR count). The summed E-state index contributed by atoms with van der Waals surface area (Å²) < 4.78 is 5.58. The summed E-state index contributed by atoms with van der Waals surface area (Å²) in [5.41, 5.74) is 0. The Kier molecular flexibility index (Phi) is 4.21. The highest BCUT2D eigenvalue weighted by atomic mass is 16.5. The van der Waals surface area contributed by atoms with E-state index in [2.05, 4.69) is 0 Å². The second-order valence-electron chi connectivity index (χ2n) is 5.38. The molecule has 2 saturated heterocycles. The van der Waals surface area contributed by atoms with E-state index < -0.39 is 12.2 Å². The molecule has 2 aliphatic heterocycles. The van der Waals surface area contributed by atoms with Crippen molar-refractivity contribution >= 4 is 5.91 Å². The Morgan fingerprint density at radius 3 is 2.11 bits per heavy atom. The number of aliphatic hydroxyl groups is 2. The molecule has 2 aliphatic rings. The average Bonchev–Trinajstić information content (AvgIpc) is 2.56. The maximum Gasteiger partial charge on any atom is 0.236 e. The number of amides is 1. The molecule has 0 aromatic heterocycles. The second kappa shape index (κ2) is 5.52. The fraction of sp³-hybridized carbons (Fsp3) is 0.917. The Hall–Kier alpha value is -0.690. The third-order valence-electron chi connectivity index (χ3n) is 3.47. The molecule has 0 aromatic carbocycles. The number of hydrogen-bond acceptors (Lipinski definition) is 5. The summed E-state index contributed by atoms with van der Waals surface area (Å²) in [6.45, 7) is 6.13. The van der Waals surface area contributed by atoms with Crippen molar-refractivity contribution in [1.82, 2.24) is 9.80 Å². The molecular formula is C12H22N2O4. The zero-order valence-corrected chi connectivity index (χ0v) is 11.0. The van der Waals surface area contributed by atoms with Gasteiger partial charge in [-0.25, -0.2) is 0 Å². The van der Waals surface area contributed by atoms with E-state index in [1.165, 1.54) is 0 Å². The lowest BCUT2D eigenvalue weighted by atomic mass is 10.2. The zero-order valence-electron chi connectivity index (χ0n) is 11.0. The van der Waals surface area contributed by atoms with Crippen LogP contribution in [0.4, 0.5) is 0 Å². The molecular weight excluding hydrogens is 236 g/mol. The summed E-state index contributed by atoms with van der Waals surface area (Å²) in [5, 5.41) is 18.9. The average molecular weight is 258 g/mol. The first-order valence-corrected chi connectivity index (χ1v) is 6.47. The van der Waals surface area contributed by atoms with Gasteiger partial charge in [-0.15, -0.1) is 0 Å². The van der Waals surface area contributed by atoms with E-state index in [0.29, 0.717) is 26.2 Å². The number of carbonyl (C=O) groups excluding carboxylic acids is 1. The molecule has 104 valence electrons. The van der Waals surface area contributed by atoms with Crippen LogP contribution in [-0.2, 0) is 9.53 Å². The topological polar surface area (TPSA) is 73.2 Å². The van der Waals surface area contributed by atoms with Crippen LogP contribution in [0.5, 0.6) is 0 Å². The summed E-state index contributed by atoms with van der Waals surface area (Å²) >= 11 is 0. The predicted octanol–water partition coefficient (Wildman–Crippen LogP) is -1.34. The van der Waals surface area contributed by atoms with Crippen LogP contribution in [-0.4, -0.2) is 83.1 Å². The predicted molar refractivity (Wildman–Crippen MR) is 65.0 cm³/mol. The number of ether oxygens (including phenoxy) is 1. The first-order chi connectivity index (χ1) is 8.45. The molecule has 0 bridgehead atoms. The molecule has 0 radical (unpaired) electrons. The molecule has 0 spiro atoms. The molecule has 6 heteroatoms. The van der Waals surface area contributed by atoms with Gasteiger partial charge in [0.1, 0.15) is 0 Å². The molecule has 1 amide bonds. The maximum atomic E-state index is 12.1. The first kappa shape index (κ1) is 13.7. The number of hydrogen-bond donors (Lipinski definition) is 2. The molecule has 0 aromatic rings. The molecule has 18 heavy (non-hydrogen) atoms. The number of likely N-dealkylation sites (tertiary alicyclic amines) is 1. The van der Waals surface area contributed by atoms with E-state index in [0.717, 1.165) is 0 Å². The number of β-amino-alcohol motifs (C(OH)–C–C–N with tert-alkyl or cyclic N) is 2. The van der Waals surface area contributed by atoms with Crippen molar-refractivity contribution in [1.29, 1.82) is 0 Å². The number of nitrogens with zero attached hydrogens (tertiary/aromatic N) is 2. The van der Waals surface area contributed by atoms with Crippen molar-refractivity contribution in [2.45, 2.75) is 38.3 Å². The largest absolute Gasteiger partial charge is 0.389 e. The molecule has 2 fully saturated rings. The quantitative estimate of drug-likeness (QED) is 0.641. The fourth-order valence-corrected chi connectivity index (χ4v) is 2.65. The van der Waals surface area contributed by atoms with Crippen molar-refractivity contribution < 1.29 is 19.7 Å². The smallest absolute Gasteiger partial charge is 0.236 e. The molecule has 6 nitrogen and oxygen atoms in total. The van der Waals surface area contributed by atoms with Gasteiger partial charge in [0, 0.05) is 26.2 Å². The Morgan fingerprint density at radius 2 is 1.61 bits per heavy atom. The van der Waals surface area contributed by atoms with Gasteiger partial charge in [0.15, 0.2) is 0 Å².